The molecule has 4 aromatic carbocycles. The van der Waals surface area contributed by atoms with Gasteiger partial charge in [-0.1, -0.05) is 109 Å². The van der Waals surface area contributed by atoms with Crippen LogP contribution in [0.4, 0.5) is 24.5 Å². The Balaban J connectivity index is 0.000000202. The molecule has 4 nitrogen and oxygen atoms in total. The van der Waals surface area contributed by atoms with Crippen LogP contribution in [-0.4, -0.2) is 16.3 Å². The van der Waals surface area contributed by atoms with E-state index in [9.17, 15) is 23.3 Å². The fourth-order valence-electron chi connectivity index (χ4n) is 3.28. The van der Waals surface area contributed by atoms with Gasteiger partial charge in [-0.15, -0.1) is 0 Å². The van der Waals surface area contributed by atoms with Gasteiger partial charge in [0.15, 0.2) is 0 Å². The van der Waals surface area contributed by atoms with Crippen molar-refractivity contribution < 1.29 is 18.1 Å². The van der Waals surface area contributed by atoms with Crippen molar-refractivity contribution in [3.63, 3.8) is 0 Å². The van der Waals surface area contributed by atoms with Crippen LogP contribution in [0.25, 0.3) is 0 Å². The molecular weight excluding hydrogens is 508 g/mol. The fourth-order valence-corrected chi connectivity index (χ4v) is 5.67. The Morgan fingerprint density at radius 1 is 0.778 bits per heavy atom. The van der Waals surface area contributed by atoms with Gasteiger partial charge in [0.25, 0.3) is 5.69 Å². The first-order chi connectivity index (χ1) is 17.2. The number of hydrogen-bond donors (Lipinski definition) is 0. The van der Waals surface area contributed by atoms with Crippen molar-refractivity contribution in [3.8, 4) is 0 Å². The summed E-state index contributed by atoms with van der Waals surface area (Å²) in [4.78, 5) is 13.0. The molecular formula is C27H21ClF3N2O2P. The van der Waals surface area contributed by atoms with E-state index in [2.05, 4.69) is 96.0 Å². The van der Waals surface area contributed by atoms with Gasteiger partial charge in [-0.3, -0.25) is 10.1 Å². The van der Waals surface area contributed by atoms with Crippen LogP contribution in [0, 0.1) is 17.0 Å². The Hall–Kier alpha value is -3.54. The van der Waals surface area contributed by atoms with Crippen LogP contribution in [-0.2, 0) is 0 Å². The second kappa shape index (κ2) is 12.4. The predicted octanol–water partition coefficient (Wildman–Crippen LogP) is 7.18. The molecule has 0 aliphatic carbocycles. The molecule has 9 heteroatoms. The molecule has 4 rings (SSSR count). The van der Waals surface area contributed by atoms with Crippen molar-refractivity contribution in [2.24, 2.45) is 4.99 Å². The maximum atomic E-state index is 12.1. The van der Waals surface area contributed by atoms with Gasteiger partial charge in [-0.2, -0.15) is 13.2 Å². The van der Waals surface area contributed by atoms with E-state index in [0.29, 0.717) is 0 Å². The van der Waals surface area contributed by atoms with E-state index in [0.717, 1.165) is 0 Å². The molecule has 0 saturated heterocycles. The summed E-state index contributed by atoms with van der Waals surface area (Å²) in [6.45, 7) is 1.30. The van der Waals surface area contributed by atoms with Crippen molar-refractivity contribution in [3.05, 3.63) is 125 Å². The summed E-state index contributed by atoms with van der Waals surface area (Å²) in [6.07, 6.45) is -4.77. The zero-order valence-corrected chi connectivity index (χ0v) is 20.7. The Morgan fingerprint density at radius 3 is 1.56 bits per heavy atom. The molecule has 0 heterocycles. The van der Waals surface area contributed by atoms with Gasteiger partial charge < -0.3 is 0 Å². The third-order valence-corrected chi connectivity index (χ3v) is 7.71. The molecule has 0 radical (unpaired) electrons. The molecule has 0 bridgehead atoms. The molecule has 0 unspecified atom stereocenters. The number of rotatable bonds is 5. The topological polar surface area (TPSA) is 55.5 Å². The van der Waals surface area contributed by atoms with Gasteiger partial charge in [0.1, 0.15) is 0 Å². The first kappa shape index (κ1) is 27.1. The van der Waals surface area contributed by atoms with Crippen LogP contribution in [0.5, 0.6) is 0 Å². The Kier molecular flexibility index (Phi) is 9.34. The summed E-state index contributed by atoms with van der Waals surface area (Å²) in [7, 11) is -0.446. The number of nitro benzene ring substituents is 1. The quantitative estimate of drug-likeness (QED) is 0.119. The van der Waals surface area contributed by atoms with Crippen LogP contribution in [0.2, 0.25) is 0 Å². The molecule has 0 aromatic heterocycles. The van der Waals surface area contributed by atoms with E-state index < -0.39 is 24.2 Å². The third-order valence-electron chi connectivity index (χ3n) is 4.97. The van der Waals surface area contributed by atoms with Gasteiger partial charge in [-0.05, 0) is 36.8 Å². The van der Waals surface area contributed by atoms with Crippen LogP contribution >= 0.6 is 19.5 Å². The minimum absolute atomic E-state index is 0.0277. The maximum absolute atomic E-state index is 12.1. The molecule has 4 aromatic rings. The smallest absolute Gasteiger partial charge is 0.258 e. The van der Waals surface area contributed by atoms with E-state index in [1.165, 1.54) is 41.0 Å². The second-order valence-electron chi connectivity index (χ2n) is 7.42. The molecule has 36 heavy (non-hydrogen) atoms. The van der Waals surface area contributed by atoms with E-state index in [4.69, 9.17) is 11.6 Å². The molecule has 0 saturated carbocycles. The Labute approximate surface area is 213 Å². The minimum atomic E-state index is -4.77. The average molecular weight is 529 g/mol. The van der Waals surface area contributed by atoms with Gasteiger partial charge in [0.2, 0.25) is 5.17 Å². The summed E-state index contributed by atoms with van der Waals surface area (Å²) >= 11 is 4.95. The number of nitrogens with zero attached hydrogens (tertiary/aromatic N) is 2. The lowest BCUT2D eigenvalue weighted by atomic mass is 10.1. The van der Waals surface area contributed by atoms with Crippen molar-refractivity contribution in [1.29, 1.82) is 0 Å². The standard InChI is InChI=1S/C18H15P.C9H6ClF3N2O2/c1-4-10-16(11-5-1)19(17-12-6-2-7-13-17)18-14-8-3-9-15-18;1-5-6(14-8(10)9(11,12)13)3-2-4-7(5)15(16)17/h1-15H;2-4H,1H3. The molecule has 0 spiro atoms. The number of aliphatic imine (C=N–C) groups is 1. The number of halogens is 4. The lowest BCUT2D eigenvalue weighted by Crippen LogP contribution is -2.20. The summed E-state index contributed by atoms with van der Waals surface area (Å²) in [5.41, 5.74) is -0.459. The van der Waals surface area contributed by atoms with Crippen molar-refractivity contribution in [2.75, 3.05) is 0 Å². The fraction of sp³-hybridized carbons (Fsp3) is 0.0741. The Bertz CT molecular complexity index is 1230. The van der Waals surface area contributed by atoms with E-state index >= 15 is 0 Å². The monoisotopic (exact) mass is 528 g/mol. The highest BCUT2D eigenvalue weighted by molar-refractivity contribution is 7.79. The van der Waals surface area contributed by atoms with E-state index in [-0.39, 0.29) is 16.9 Å². The zero-order valence-electron chi connectivity index (χ0n) is 19.1. The molecule has 0 N–H and O–H groups in total. The highest BCUT2D eigenvalue weighted by atomic mass is 35.5. The van der Waals surface area contributed by atoms with E-state index in [1.807, 2.05) is 0 Å². The predicted molar refractivity (Wildman–Crippen MR) is 142 cm³/mol. The summed E-state index contributed by atoms with van der Waals surface area (Å²) < 4.78 is 36.4. The molecule has 0 amide bonds. The van der Waals surface area contributed by atoms with Crippen molar-refractivity contribution in [2.45, 2.75) is 13.1 Å². The van der Waals surface area contributed by atoms with Crippen LogP contribution in [0.1, 0.15) is 5.56 Å². The zero-order chi connectivity index (χ0) is 26.1. The summed E-state index contributed by atoms with van der Waals surface area (Å²) in [5.74, 6) is 0. The van der Waals surface area contributed by atoms with E-state index in [1.54, 1.807) is 0 Å². The number of alkyl halides is 3. The average Bonchev–Trinajstić information content (AvgIpc) is 2.87. The minimum Gasteiger partial charge on any atom is -0.258 e. The second-order valence-corrected chi connectivity index (χ2v) is 10.00. The van der Waals surface area contributed by atoms with Crippen LogP contribution in [0.3, 0.4) is 0 Å². The highest BCUT2D eigenvalue weighted by Crippen LogP contribution is 2.32. The normalized spacial score (nSPS) is 11.6. The van der Waals surface area contributed by atoms with Crippen molar-refractivity contribution >= 4 is 52.0 Å². The Morgan fingerprint density at radius 2 is 1.19 bits per heavy atom. The molecule has 0 fully saturated rings. The molecule has 0 aliphatic rings. The van der Waals surface area contributed by atoms with Gasteiger partial charge >= 0.3 is 6.18 Å². The summed E-state index contributed by atoms with van der Waals surface area (Å²) in [5, 5.41) is 13.2. The van der Waals surface area contributed by atoms with Crippen molar-refractivity contribution in [1.82, 2.24) is 0 Å². The molecule has 0 atom stereocenters. The number of hydrogen-bond acceptors (Lipinski definition) is 3. The molecule has 0 aliphatic heterocycles. The SMILES string of the molecule is Cc1c(N=C(Cl)C(F)(F)F)cccc1[N+](=O)[O-].c1ccc(P(c2ccccc2)c2ccccc2)cc1. The number of benzene rings is 4. The first-order valence-electron chi connectivity index (χ1n) is 10.7. The third kappa shape index (κ3) is 7.23. The van der Waals surface area contributed by atoms with Crippen LogP contribution in [0.15, 0.2) is 114 Å². The first-order valence-corrected chi connectivity index (χ1v) is 12.4. The largest absolute Gasteiger partial charge is 0.444 e. The molecule has 184 valence electrons. The highest BCUT2D eigenvalue weighted by Gasteiger charge is 2.34. The number of nitro groups is 1. The van der Waals surface area contributed by atoms with Gasteiger partial charge in [-0.25, -0.2) is 4.99 Å². The lowest BCUT2D eigenvalue weighted by Gasteiger charge is -2.18. The van der Waals surface area contributed by atoms with Gasteiger partial charge in [0.05, 0.1) is 16.2 Å². The maximum Gasteiger partial charge on any atom is 0.444 e. The van der Waals surface area contributed by atoms with Gasteiger partial charge in [0, 0.05) is 6.07 Å². The van der Waals surface area contributed by atoms with Crippen LogP contribution < -0.4 is 15.9 Å². The summed E-state index contributed by atoms with van der Waals surface area (Å²) in [6, 6.07) is 36.0. The lowest BCUT2D eigenvalue weighted by molar-refractivity contribution is -0.385.